The van der Waals surface area contributed by atoms with E-state index in [2.05, 4.69) is 5.32 Å². The predicted molar refractivity (Wildman–Crippen MR) is 79.6 cm³/mol. The molecule has 0 fully saturated rings. The number of carbonyl (C=O) groups excluding carboxylic acids is 1. The van der Waals surface area contributed by atoms with Crippen molar-refractivity contribution in [1.82, 2.24) is 5.32 Å². The van der Waals surface area contributed by atoms with Crippen molar-refractivity contribution in [2.75, 3.05) is 7.11 Å². The van der Waals surface area contributed by atoms with Gasteiger partial charge in [-0.3, -0.25) is 4.79 Å². The first-order valence-electron chi connectivity index (χ1n) is 6.25. The molecule has 1 aromatic carbocycles. The Morgan fingerprint density at radius 1 is 1.35 bits per heavy atom. The lowest BCUT2D eigenvalue weighted by atomic mass is 10.1. The number of ether oxygens (including phenoxy) is 1. The maximum Gasteiger partial charge on any atom is 0.255 e. The lowest BCUT2D eigenvalue weighted by Gasteiger charge is -2.13. The molecule has 1 heterocycles. The number of hydrogen-bond donors (Lipinski definition) is 2. The minimum absolute atomic E-state index is 0.0867. The molecule has 0 saturated heterocycles. The molecule has 1 amide bonds. The van der Waals surface area contributed by atoms with Crippen molar-refractivity contribution in [2.45, 2.75) is 19.9 Å². The Bertz CT molecular complexity index is 621. The summed E-state index contributed by atoms with van der Waals surface area (Å²) in [6.07, 6.45) is 0. The Balaban J connectivity index is 2.12. The van der Waals surface area contributed by atoms with Crippen molar-refractivity contribution in [1.29, 1.82) is 0 Å². The van der Waals surface area contributed by atoms with Crippen molar-refractivity contribution < 1.29 is 14.6 Å². The van der Waals surface area contributed by atoms with Gasteiger partial charge in [0.2, 0.25) is 0 Å². The highest BCUT2D eigenvalue weighted by atomic mass is 32.1. The minimum atomic E-state index is -0.302. The number of phenolic OH excluding ortho intramolecular Hbond substituents is 1. The Morgan fingerprint density at radius 2 is 2.10 bits per heavy atom. The summed E-state index contributed by atoms with van der Waals surface area (Å²) in [6, 6.07) is 8.55. The number of phenols is 1. The Morgan fingerprint density at radius 3 is 2.65 bits per heavy atom. The van der Waals surface area contributed by atoms with Gasteiger partial charge in [0.1, 0.15) is 11.5 Å². The van der Waals surface area contributed by atoms with E-state index in [0.717, 1.165) is 4.88 Å². The molecule has 4 nitrogen and oxygen atoms in total. The lowest BCUT2D eigenvalue weighted by Crippen LogP contribution is -2.26. The second kappa shape index (κ2) is 5.96. The van der Waals surface area contributed by atoms with Crippen LogP contribution in [0.3, 0.4) is 0 Å². The van der Waals surface area contributed by atoms with E-state index < -0.39 is 0 Å². The molecule has 0 aliphatic carbocycles. The first kappa shape index (κ1) is 14.4. The van der Waals surface area contributed by atoms with Crippen molar-refractivity contribution >= 4 is 17.2 Å². The lowest BCUT2D eigenvalue weighted by molar-refractivity contribution is 0.0938. The van der Waals surface area contributed by atoms with Gasteiger partial charge < -0.3 is 15.2 Å². The van der Waals surface area contributed by atoms with Gasteiger partial charge in [-0.15, -0.1) is 11.3 Å². The van der Waals surface area contributed by atoms with Crippen LogP contribution in [0.2, 0.25) is 0 Å². The molecule has 2 N–H and O–H groups in total. The van der Waals surface area contributed by atoms with Gasteiger partial charge in [-0.2, -0.15) is 0 Å². The van der Waals surface area contributed by atoms with E-state index in [1.807, 2.05) is 26.0 Å². The van der Waals surface area contributed by atoms with Gasteiger partial charge in [0.15, 0.2) is 0 Å². The maximum absolute atomic E-state index is 12.1. The Labute approximate surface area is 122 Å². The summed E-state index contributed by atoms with van der Waals surface area (Å²) in [5.74, 6) is 0.126. The van der Waals surface area contributed by atoms with Gasteiger partial charge in [-0.05, 0) is 38.1 Å². The van der Waals surface area contributed by atoms with Crippen molar-refractivity contribution in [2.24, 2.45) is 0 Å². The van der Waals surface area contributed by atoms with Gasteiger partial charge >= 0.3 is 0 Å². The van der Waals surface area contributed by atoms with E-state index in [1.165, 1.54) is 18.1 Å². The molecule has 20 heavy (non-hydrogen) atoms. The van der Waals surface area contributed by atoms with Crippen LogP contribution in [0.4, 0.5) is 0 Å². The van der Waals surface area contributed by atoms with E-state index in [-0.39, 0.29) is 23.3 Å². The van der Waals surface area contributed by atoms with Crippen LogP contribution in [-0.2, 0) is 0 Å². The van der Waals surface area contributed by atoms with Crippen LogP contribution in [0.25, 0.3) is 0 Å². The smallest absolute Gasteiger partial charge is 0.255 e. The molecule has 0 aliphatic heterocycles. The van der Waals surface area contributed by atoms with E-state index in [4.69, 9.17) is 4.74 Å². The van der Waals surface area contributed by atoms with Crippen LogP contribution in [0.5, 0.6) is 11.5 Å². The molecule has 2 aromatic rings. The highest BCUT2D eigenvalue weighted by Gasteiger charge is 2.16. The van der Waals surface area contributed by atoms with Crippen LogP contribution in [0.1, 0.15) is 33.1 Å². The number of amides is 1. The Hall–Kier alpha value is -2.01. The van der Waals surface area contributed by atoms with Gasteiger partial charge in [0, 0.05) is 15.8 Å². The number of aryl methyl sites for hydroxylation is 1. The maximum atomic E-state index is 12.1. The van der Waals surface area contributed by atoms with Crippen LogP contribution in [0.15, 0.2) is 30.3 Å². The fourth-order valence-corrected chi connectivity index (χ4v) is 2.74. The summed E-state index contributed by atoms with van der Waals surface area (Å²) in [6.45, 7) is 3.95. The van der Waals surface area contributed by atoms with Crippen molar-refractivity contribution in [3.05, 3.63) is 45.6 Å². The average molecular weight is 291 g/mol. The molecule has 0 spiro atoms. The number of carbonyl (C=O) groups is 1. The van der Waals surface area contributed by atoms with Crippen molar-refractivity contribution in [3.63, 3.8) is 0 Å². The summed E-state index contributed by atoms with van der Waals surface area (Å²) in [7, 11) is 1.51. The molecule has 0 bridgehead atoms. The first-order valence-corrected chi connectivity index (χ1v) is 7.07. The van der Waals surface area contributed by atoms with Crippen molar-refractivity contribution in [3.8, 4) is 11.5 Å². The molecule has 1 atom stereocenters. The molecule has 0 aliphatic rings. The SMILES string of the molecule is COc1ccc(C(=O)NC(C)c2ccc(C)s2)c(O)c1. The van der Waals surface area contributed by atoms with Gasteiger partial charge in [-0.1, -0.05) is 0 Å². The largest absolute Gasteiger partial charge is 0.507 e. The molecule has 2 rings (SSSR count). The van der Waals surface area contributed by atoms with Crippen LogP contribution in [0, 0.1) is 6.92 Å². The quantitative estimate of drug-likeness (QED) is 0.909. The zero-order valence-electron chi connectivity index (χ0n) is 11.6. The number of aromatic hydroxyl groups is 1. The number of benzene rings is 1. The molecular weight excluding hydrogens is 274 g/mol. The normalized spacial score (nSPS) is 11.9. The monoisotopic (exact) mass is 291 g/mol. The summed E-state index contributed by atoms with van der Waals surface area (Å²) < 4.78 is 4.99. The number of nitrogens with one attached hydrogen (secondary N) is 1. The number of methoxy groups -OCH3 is 1. The fraction of sp³-hybridized carbons (Fsp3) is 0.267. The summed E-state index contributed by atoms with van der Waals surface area (Å²) in [4.78, 5) is 14.4. The third kappa shape index (κ3) is 3.11. The van der Waals surface area contributed by atoms with Gasteiger partial charge in [-0.25, -0.2) is 0 Å². The molecule has 106 valence electrons. The zero-order chi connectivity index (χ0) is 14.7. The van der Waals surface area contributed by atoms with E-state index in [9.17, 15) is 9.90 Å². The first-order chi connectivity index (χ1) is 9.51. The summed E-state index contributed by atoms with van der Waals surface area (Å²) in [5, 5.41) is 12.7. The second-order valence-electron chi connectivity index (χ2n) is 4.53. The number of rotatable bonds is 4. The van der Waals surface area contributed by atoms with Crippen LogP contribution in [-0.4, -0.2) is 18.1 Å². The summed E-state index contributed by atoms with van der Waals surface area (Å²) >= 11 is 1.65. The van der Waals surface area contributed by atoms with E-state index in [1.54, 1.807) is 23.5 Å². The Kier molecular flexibility index (Phi) is 4.29. The zero-order valence-corrected chi connectivity index (χ0v) is 12.5. The topological polar surface area (TPSA) is 58.6 Å². The highest BCUT2D eigenvalue weighted by Crippen LogP contribution is 2.26. The summed E-state index contributed by atoms with van der Waals surface area (Å²) in [5.41, 5.74) is 0.242. The molecule has 5 heteroatoms. The minimum Gasteiger partial charge on any atom is -0.507 e. The van der Waals surface area contributed by atoms with Gasteiger partial charge in [0.25, 0.3) is 5.91 Å². The van der Waals surface area contributed by atoms with Gasteiger partial charge in [0.05, 0.1) is 18.7 Å². The highest BCUT2D eigenvalue weighted by molar-refractivity contribution is 7.12. The third-order valence-corrected chi connectivity index (χ3v) is 4.17. The molecule has 1 aromatic heterocycles. The third-order valence-electron chi connectivity index (χ3n) is 2.99. The second-order valence-corrected chi connectivity index (χ2v) is 5.85. The average Bonchev–Trinajstić information content (AvgIpc) is 2.85. The molecule has 0 saturated carbocycles. The molecular formula is C15H17NO3S. The molecule has 1 unspecified atom stereocenters. The van der Waals surface area contributed by atoms with Crippen LogP contribution < -0.4 is 10.1 Å². The predicted octanol–water partition coefficient (Wildman–Crippen LogP) is 3.26. The van der Waals surface area contributed by atoms with Crippen LogP contribution >= 0.6 is 11.3 Å². The molecule has 0 radical (unpaired) electrons. The van der Waals surface area contributed by atoms with E-state index in [0.29, 0.717) is 5.75 Å². The van der Waals surface area contributed by atoms with E-state index >= 15 is 0 Å². The number of hydrogen-bond acceptors (Lipinski definition) is 4. The number of thiophene rings is 1. The fourth-order valence-electron chi connectivity index (χ4n) is 1.86. The standard InChI is InChI=1S/C15H17NO3S/c1-9-4-7-14(20-9)10(2)16-15(18)12-6-5-11(19-3)8-13(12)17/h4-8,10,17H,1-3H3,(H,16,18).